The van der Waals surface area contributed by atoms with E-state index in [1.54, 1.807) is 7.11 Å². The van der Waals surface area contributed by atoms with Crippen molar-refractivity contribution >= 4 is 5.91 Å². The lowest BCUT2D eigenvalue weighted by Crippen LogP contribution is -2.30. The number of rotatable bonds is 9. The summed E-state index contributed by atoms with van der Waals surface area (Å²) in [5, 5.41) is 5.99. The summed E-state index contributed by atoms with van der Waals surface area (Å²) in [6, 6.07) is 6.30. The van der Waals surface area contributed by atoms with E-state index >= 15 is 0 Å². The van der Waals surface area contributed by atoms with E-state index in [4.69, 9.17) is 9.47 Å². The van der Waals surface area contributed by atoms with Gasteiger partial charge in [-0.05, 0) is 44.5 Å². The van der Waals surface area contributed by atoms with Crippen LogP contribution in [0.3, 0.4) is 0 Å². The largest absolute Gasteiger partial charge is 0.484 e. The van der Waals surface area contributed by atoms with Crippen molar-refractivity contribution in [2.45, 2.75) is 26.3 Å². The lowest BCUT2D eigenvalue weighted by molar-refractivity contribution is -0.123. The minimum atomic E-state index is -0.113. The highest BCUT2D eigenvalue weighted by Crippen LogP contribution is 2.22. The summed E-state index contributed by atoms with van der Waals surface area (Å²) in [6.07, 6.45) is 0.803. The van der Waals surface area contributed by atoms with Gasteiger partial charge in [-0.15, -0.1) is 0 Å². The van der Waals surface area contributed by atoms with Crippen molar-refractivity contribution in [3.05, 3.63) is 29.3 Å². The molecule has 0 saturated heterocycles. The molecule has 1 aromatic rings. The average molecular weight is 294 g/mol. The Morgan fingerprint density at radius 2 is 2.14 bits per heavy atom. The first kappa shape index (κ1) is 17.5. The molecule has 2 N–H and O–H groups in total. The molecular weight excluding hydrogens is 268 g/mol. The van der Waals surface area contributed by atoms with Crippen LogP contribution in [0, 0.1) is 6.92 Å². The minimum Gasteiger partial charge on any atom is -0.484 e. The molecule has 1 unspecified atom stereocenters. The van der Waals surface area contributed by atoms with Crippen LogP contribution in [0.25, 0.3) is 0 Å². The third-order valence-corrected chi connectivity index (χ3v) is 3.34. The van der Waals surface area contributed by atoms with Crippen LogP contribution < -0.4 is 15.4 Å². The summed E-state index contributed by atoms with van der Waals surface area (Å²) in [6.45, 7) is 5.37. The van der Waals surface area contributed by atoms with Gasteiger partial charge in [-0.25, -0.2) is 0 Å². The van der Waals surface area contributed by atoms with Crippen LogP contribution in [-0.4, -0.2) is 39.8 Å². The molecule has 1 aromatic carbocycles. The molecule has 1 atom stereocenters. The number of nitrogens with one attached hydrogen (secondary N) is 2. The molecule has 1 rings (SSSR count). The number of ether oxygens (including phenoxy) is 2. The van der Waals surface area contributed by atoms with Crippen molar-refractivity contribution < 1.29 is 14.3 Å². The van der Waals surface area contributed by atoms with Gasteiger partial charge in [0.25, 0.3) is 5.91 Å². The molecule has 0 aliphatic heterocycles. The zero-order valence-corrected chi connectivity index (χ0v) is 13.4. The standard InChI is InChI=1S/C16H26N2O3/c1-12-10-14(13(2)17-3)6-7-15(12)21-11-16(19)18-8-5-9-20-4/h6-7,10,13,17H,5,8-9,11H2,1-4H3,(H,18,19). The van der Waals surface area contributed by atoms with Crippen molar-refractivity contribution in [1.29, 1.82) is 0 Å². The Morgan fingerprint density at radius 1 is 1.38 bits per heavy atom. The molecule has 21 heavy (non-hydrogen) atoms. The normalized spacial score (nSPS) is 12.0. The van der Waals surface area contributed by atoms with Crippen LogP contribution in [0.5, 0.6) is 5.75 Å². The summed E-state index contributed by atoms with van der Waals surface area (Å²) in [5.41, 5.74) is 2.23. The van der Waals surface area contributed by atoms with Gasteiger partial charge < -0.3 is 20.1 Å². The summed E-state index contributed by atoms with van der Waals surface area (Å²) in [5.74, 6) is 0.632. The van der Waals surface area contributed by atoms with E-state index in [1.807, 2.05) is 26.1 Å². The SMILES string of the molecule is CNC(C)c1ccc(OCC(=O)NCCCOC)c(C)c1. The van der Waals surface area contributed by atoms with E-state index in [2.05, 4.69) is 23.6 Å². The predicted octanol–water partition coefficient (Wildman–Crippen LogP) is 1.81. The number of hydrogen-bond donors (Lipinski definition) is 2. The Bertz CT molecular complexity index is 449. The Labute approximate surface area is 127 Å². The van der Waals surface area contributed by atoms with Crippen molar-refractivity contribution in [1.82, 2.24) is 10.6 Å². The third kappa shape index (κ3) is 6.14. The molecule has 0 fully saturated rings. The summed E-state index contributed by atoms with van der Waals surface area (Å²) < 4.78 is 10.5. The Morgan fingerprint density at radius 3 is 2.76 bits per heavy atom. The first-order valence-corrected chi connectivity index (χ1v) is 7.24. The predicted molar refractivity (Wildman–Crippen MR) is 83.7 cm³/mol. The molecule has 0 radical (unpaired) electrons. The van der Waals surface area contributed by atoms with E-state index in [0.29, 0.717) is 19.2 Å². The lowest BCUT2D eigenvalue weighted by atomic mass is 10.1. The molecule has 0 bridgehead atoms. The van der Waals surface area contributed by atoms with E-state index in [-0.39, 0.29) is 12.5 Å². The van der Waals surface area contributed by atoms with Crippen LogP contribution in [0.2, 0.25) is 0 Å². The smallest absolute Gasteiger partial charge is 0.257 e. The fraction of sp³-hybridized carbons (Fsp3) is 0.562. The molecule has 0 aliphatic rings. The number of aryl methyl sites for hydroxylation is 1. The molecule has 1 amide bonds. The van der Waals surface area contributed by atoms with Crippen LogP contribution in [0.1, 0.15) is 30.5 Å². The molecule has 0 saturated carbocycles. The molecular formula is C16H26N2O3. The average Bonchev–Trinajstić information content (AvgIpc) is 2.49. The Hall–Kier alpha value is -1.59. The van der Waals surface area contributed by atoms with Crippen LogP contribution in [-0.2, 0) is 9.53 Å². The van der Waals surface area contributed by atoms with E-state index in [9.17, 15) is 4.79 Å². The van der Waals surface area contributed by atoms with Crippen molar-refractivity contribution in [2.75, 3.05) is 33.9 Å². The van der Waals surface area contributed by atoms with Gasteiger partial charge in [-0.1, -0.05) is 12.1 Å². The second kappa shape index (κ2) is 9.37. The molecule has 0 spiro atoms. The highest BCUT2D eigenvalue weighted by Gasteiger charge is 2.08. The molecule has 0 aromatic heterocycles. The van der Waals surface area contributed by atoms with Gasteiger partial charge in [0.2, 0.25) is 0 Å². The Kier molecular flexibility index (Phi) is 7.79. The maximum atomic E-state index is 11.6. The van der Waals surface area contributed by atoms with Crippen molar-refractivity contribution in [3.8, 4) is 5.75 Å². The first-order valence-electron chi connectivity index (χ1n) is 7.24. The second-order valence-electron chi connectivity index (χ2n) is 5.02. The fourth-order valence-electron chi connectivity index (χ4n) is 1.91. The first-order chi connectivity index (χ1) is 10.1. The van der Waals surface area contributed by atoms with Gasteiger partial charge in [0.1, 0.15) is 5.75 Å². The number of carbonyl (C=O) groups is 1. The quantitative estimate of drug-likeness (QED) is 0.682. The van der Waals surface area contributed by atoms with Crippen molar-refractivity contribution in [3.63, 3.8) is 0 Å². The zero-order chi connectivity index (χ0) is 15.7. The van der Waals surface area contributed by atoms with Gasteiger partial charge in [0.05, 0.1) is 0 Å². The van der Waals surface area contributed by atoms with Gasteiger partial charge in [-0.3, -0.25) is 4.79 Å². The molecule has 0 heterocycles. The van der Waals surface area contributed by atoms with Crippen LogP contribution in [0.4, 0.5) is 0 Å². The highest BCUT2D eigenvalue weighted by atomic mass is 16.5. The van der Waals surface area contributed by atoms with E-state index in [0.717, 1.165) is 17.7 Å². The lowest BCUT2D eigenvalue weighted by Gasteiger charge is -2.14. The molecule has 118 valence electrons. The van der Waals surface area contributed by atoms with Gasteiger partial charge in [-0.2, -0.15) is 0 Å². The molecule has 5 heteroatoms. The minimum absolute atomic E-state index is 0.0365. The van der Waals surface area contributed by atoms with E-state index < -0.39 is 0 Å². The van der Waals surface area contributed by atoms with Gasteiger partial charge in [0, 0.05) is 26.3 Å². The third-order valence-electron chi connectivity index (χ3n) is 3.34. The van der Waals surface area contributed by atoms with Crippen LogP contribution >= 0.6 is 0 Å². The number of hydrogen-bond acceptors (Lipinski definition) is 4. The Balaban J connectivity index is 2.43. The highest BCUT2D eigenvalue weighted by molar-refractivity contribution is 5.77. The zero-order valence-electron chi connectivity index (χ0n) is 13.4. The number of carbonyl (C=O) groups excluding carboxylic acids is 1. The number of benzene rings is 1. The van der Waals surface area contributed by atoms with Crippen LogP contribution in [0.15, 0.2) is 18.2 Å². The second-order valence-corrected chi connectivity index (χ2v) is 5.02. The number of methoxy groups -OCH3 is 1. The topological polar surface area (TPSA) is 59.6 Å². The number of amides is 1. The monoisotopic (exact) mass is 294 g/mol. The molecule has 5 nitrogen and oxygen atoms in total. The van der Waals surface area contributed by atoms with Crippen molar-refractivity contribution in [2.24, 2.45) is 0 Å². The van der Waals surface area contributed by atoms with E-state index in [1.165, 1.54) is 5.56 Å². The summed E-state index contributed by atoms with van der Waals surface area (Å²) >= 11 is 0. The summed E-state index contributed by atoms with van der Waals surface area (Å²) in [4.78, 5) is 11.6. The van der Waals surface area contributed by atoms with Gasteiger partial charge in [0.15, 0.2) is 6.61 Å². The summed E-state index contributed by atoms with van der Waals surface area (Å²) in [7, 11) is 3.57. The maximum Gasteiger partial charge on any atom is 0.257 e. The molecule has 0 aliphatic carbocycles. The fourth-order valence-corrected chi connectivity index (χ4v) is 1.91. The maximum absolute atomic E-state index is 11.6. The van der Waals surface area contributed by atoms with Gasteiger partial charge >= 0.3 is 0 Å².